The number of aryl methyl sites for hydroxylation is 1. The van der Waals surface area contributed by atoms with Crippen LogP contribution in [0, 0.1) is 25.2 Å². The van der Waals surface area contributed by atoms with Gasteiger partial charge >= 0.3 is 6.18 Å². The highest BCUT2D eigenvalue weighted by atomic mass is 19.4. The maximum atomic E-state index is 12.8. The number of nitriles is 1. The van der Waals surface area contributed by atoms with Crippen molar-refractivity contribution < 1.29 is 13.2 Å². The van der Waals surface area contributed by atoms with Crippen LogP contribution in [-0.4, -0.2) is 9.78 Å². The molecule has 0 spiro atoms. The number of rotatable bonds is 2. The summed E-state index contributed by atoms with van der Waals surface area (Å²) in [5, 5.41) is 13.3. The smallest absolute Gasteiger partial charge is 0.238 e. The molecule has 0 bridgehead atoms. The largest absolute Gasteiger partial charge is 0.417 e. The molecule has 2 rings (SSSR count). The highest BCUT2D eigenvalue weighted by Gasteiger charge is 2.33. The zero-order chi connectivity index (χ0) is 15.8. The molecule has 0 saturated carbocycles. The van der Waals surface area contributed by atoms with Crippen LogP contribution in [-0.2, 0) is 12.6 Å². The van der Waals surface area contributed by atoms with Crippen LogP contribution in [0.1, 0.15) is 35.0 Å². The zero-order valence-electron chi connectivity index (χ0n) is 11.9. The van der Waals surface area contributed by atoms with Gasteiger partial charge in [-0.2, -0.15) is 23.5 Å². The highest BCUT2D eigenvalue weighted by Crippen LogP contribution is 2.33. The third-order valence-corrected chi connectivity index (χ3v) is 3.47. The van der Waals surface area contributed by atoms with E-state index in [1.807, 2.05) is 20.8 Å². The summed E-state index contributed by atoms with van der Waals surface area (Å²) < 4.78 is 40.0. The second kappa shape index (κ2) is 5.24. The summed E-state index contributed by atoms with van der Waals surface area (Å²) in [7, 11) is 0. The fourth-order valence-electron chi connectivity index (χ4n) is 2.44. The van der Waals surface area contributed by atoms with E-state index in [0.717, 1.165) is 29.4 Å². The summed E-state index contributed by atoms with van der Waals surface area (Å²) in [6.07, 6.45) is -3.74. The molecule has 1 aromatic heterocycles. The van der Waals surface area contributed by atoms with Crippen LogP contribution in [0.25, 0.3) is 5.69 Å². The van der Waals surface area contributed by atoms with Crippen molar-refractivity contribution in [3.63, 3.8) is 0 Å². The van der Waals surface area contributed by atoms with Crippen molar-refractivity contribution in [2.45, 2.75) is 33.4 Å². The summed E-state index contributed by atoms with van der Waals surface area (Å²) in [6.45, 7) is 5.72. The van der Waals surface area contributed by atoms with Crippen molar-refractivity contribution in [3.05, 3.63) is 46.3 Å². The average Bonchev–Trinajstić information content (AvgIpc) is 2.71. The van der Waals surface area contributed by atoms with Gasteiger partial charge in [0.2, 0.25) is 0 Å². The number of nitrogens with zero attached hydrogens (tertiary/aromatic N) is 3. The van der Waals surface area contributed by atoms with Crippen molar-refractivity contribution in [3.8, 4) is 11.8 Å². The topological polar surface area (TPSA) is 41.6 Å². The van der Waals surface area contributed by atoms with Crippen LogP contribution >= 0.6 is 0 Å². The molecule has 6 heteroatoms. The molecule has 3 nitrogen and oxygen atoms in total. The van der Waals surface area contributed by atoms with Gasteiger partial charge in [-0.15, -0.1) is 0 Å². The van der Waals surface area contributed by atoms with Crippen molar-refractivity contribution in [1.82, 2.24) is 9.78 Å². The van der Waals surface area contributed by atoms with Crippen LogP contribution < -0.4 is 0 Å². The second-order valence-corrected chi connectivity index (χ2v) is 4.75. The van der Waals surface area contributed by atoms with Gasteiger partial charge in [0.25, 0.3) is 0 Å². The molecule has 0 amide bonds. The number of halogens is 3. The fourth-order valence-corrected chi connectivity index (χ4v) is 2.44. The molecule has 110 valence electrons. The quantitative estimate of drug-likeness (QED) is 0.841. The molecule has 0 aliphatic rings. The van der Waals surface area contributed by atoms with E-state index in [0.29, 0.717) is 5.69 Å². The first kappa shape index (κ1) is 15.1. The molecule has 0 radical (unpaired) electrons. The van der Waals surface area contributed by atoms with Gasteiger partial charge in [0.05, 0.1) is 28.6 Å². The minimum atomic E-state index is -4.53. The molecule has 0 aliphatic heterocycles. The van der Waals surface area contributed by atoms with Gasteiger partial charge in [-0.1, -0.05) is 6.92 Å². The SMILES string of the molecule is CCc1c(C)nn(-c2ccc(C(F)(F)F)c(C#N)c2)c1C. The second-order valence-electron chi connectivity index (χ2n) is 4.75. The van der Waals surface area contributed by atoms with E-state index in [4.69, 9.17) is 5.26 Å². The Morgan fingerprint density at radius 3 is 2.43 bits per heavy atom. The summed E-state index contributed by atoms with van der Waals surface area (Å²) in [6, 6.07) is 5.09. The van der Waals surface area contributed by atoms with Gasteiger partial charge in [-0.25, -0.2) is 4.68 Å². The molecular weight excluding hydrogens is 279 g/mol. The van der Waals surface area contributed by atoms with E-state index in [2.05, 4.69) is 5.10 Å². The Balaban J connectivity index is 2.60. The molecule has 0 N–H and O–H groups in total. The molecule has 0 atom stereocenters. The Morgan fingerprint density at radius 2 is 1.95 bits per heavy atom. The number of alkyl halides is 3. The van der Waals surface area contributed by atoms with Crippen LogP contribution in [0.2, 0.25) is 0 Å². The standard InChI is InChI=1S/C15H14F3N3/c1-4-13-9(2)20-21(10(13)3)12-5-6-14(15(16,17)18)11(7-12)8-19/h5-7H,4H2,1-3H3. The first-order valence-corrected chi connectivity index (χ1v) is 6.46. The zero-order valence-corrected chi connectivity index (χ0v) is 11.9. The van der Waals surface area contributed by atoms with Crippen molar-refractivity contribution >= 4 is 0 Å². The highest BCUT2D eigenvalue weighted by molar-refractivity contribution is 5.48. The number of benzene rings is 1. The van der Waals surface area contributed by atoms with E-state index in [9.17, 15) is 13.2 Å². The maximum Gasteiger partial charge on any atom is 0.417 e. The Hall–Kier alpha value is -2.29. The van der Waals surface area contributed by atoms with Crippen LogP contribution in [0.5, 0.6) is 0 Å². The monoisotopic (exact) mass is 293 g/mol. The summed E-state index contributed by atoms with van der Waals surface area (Å²) in [4.78, 5) is 0. The first-order valence-electron chi connectivity index (χ1n) is 6.46. The van der Waals surface area contributed by atoms with Gasteiger partial charge in [-0.05, 0) is 44.0 Å². The number of aromatic nitrogens is 2. The minimum Gasteiger partial charge on any atom is -0.238 e. The van der Waals surface area contributed by atoms with Crippen LogP contribution in [0.4, 0.5) is 13.2 Å². The Kier molecular flexibility index (Phi) is 3.77. The van der Waals surface area contributed by atoms with Gasteiger partial charge < -0.3 is 0 Å². The van der Waals surface area contributed by atoms with E-state index in [1.54, 1.807) is 10.8 Å². The molecule has 0 fully saturated rings. The van der Waals surface area contributed by atoms with Crippen LogP contribution in [0.15, 0.2) is 18.2 Å². The van der Waals surface area contributed by atoms with Gasteiger partial charge in [0.15, 0.2) is 0 Å². The fraction of sp³-hybridized carbons (Fsp3) is 0.333. The predicted octanol–water partition coefficient (Wildman–Crippen LogP) is 3.94. The lowest BCUT2D eigenvalue weighted by molar-refractivity contribution is -0.137. The van der Waals surface area contributed by atoms with E-state index in [1.165, 1.54) is 12.1 Å². The molecule has 1 aromatic carbocycles. The lowest BCUT2D eigenvalue weighted by Crippen LogP contribution is -2.09. The van der Waals surface area contributed by atoms with Crippen molar-refractivity contribution in [1.29, 1.82) is 5.26 Å². The number of hydrogen-bond donors (Lipinski definition) is 0. The van der Waals surface area contributed by atoms with Gasteiger partial charge in [0.1, 0.15) is 0 Å². The molecule has 0 unspecified atom stereocenters. The maximum absolute atomic E-state index is 12.8. The summed E-state index contributed by atoms with van der Waals surface area (Å²) >= 11 is 0. The molecular formula is C15H14F3N3. The Labute approximate surface area is 120 Å². The lowest BCUT2D eigenvalue weighted by atomic mass is 10.1. The van der Waals surface area contributed by atoms with Gasteiger partial charge in [0, 0.05) is 5.69 Å². The van der Waals surface area contributed by atoms with E-state index in [-0.39, 0.29) is 0 Å². The normalized spacial score (nSPS) is 11.5. The third-order valence-electron chi connectivity index (χ3n) is 3.47. The molecule has 0 aliphatic carbocycles. The molecule has 21 heavy (non-hydrogen) atoms. The molecule has 1 heterocycles. The lowest BCUT2D eigenvalue weighted by Gasteiger charge is -2.11. The number of hydrogen-bond acceptors (Lipinski definition) is 2. The Morgan fingerprint density at radius 1 is 1.29 bits per heavy atom. The third kappa shape index (κ3) is 2.64. The first-order chi connectivity index (χ1) is 9.79. The average molecular weight is 293 g/mol. The summed E-state index contributed by atoms with van der Waals surface area (Å²) in [5.41, 5.74) is 1.91. The summed E-state index contributed by atoms with van der Waals surface area (Å²) in [5.74, 6) is 0. The van der Waals surface area contributed by atoms with Gasteiger partial charge in [-0.3, -0.25) is 0 Å². The minimum absolute atomic E-state index is 0.398. The molecule has 2 aromatic rings. The van der Waals surface area contributed by atoms with E-state index >= 15 is 0 Å². The van der Waals surface area contributed by atoms with Crippen LogP contribution in [0.3, 0.4) is 0 Å². The van der Waals surface area contributed by atoms with E-state index < -0.39 is 17.3 Å². The van der Waals surface area contributed by atoms with Crippen molar-refractivity contribution in [2.24, 2.45) is 0 Å². The predicted molar refractivity (Wildman–Crippen MR) is 72.1 cm³/mol. The molecule has 0 saturated heterocycles. The Bertz CT molecular complexity index is 721. The van der Waals surface area contributed by atoms with Crippen molar-refractivity contribution in [2.75, 3.05) is 0 Å².